The molecule has 0 spiro atoms. The molecule has 7 nitrogen and oxygen atoms in total. The Morgan fingerprint density at radius 3 is 1.93 bits per heavy atom. The van der Waals surface area contributed by atoms with Crippen molar-refractivity contribution in [2.75, 3.05) is 21.2 Å². The molecule has 150 valence electrons. The molecule has 0 radical (unpaired) electrons. The minimum Gasteiger partial charge on any atom is -0.326 e. The Kier molecular flexibility index (Phi) is 7.04. The second-order valence-corrected chi connectivity index (χ2v) is 8.50. The predicted octanol–water partition coefficient (Wildman–Crippen LogP) is 3.48. The van der Waals surface area contributed by atoms with Crippen LogP contribution in [0.3, 0.4) is 0 Å². The van der Waals surface area contributed by atoms with Gasteiger partial charge in [-0.25, -0.2) is 8.42 Å². The van der Waals surface area contributed by atoms with Gasteiger partial charge >= 0.3 is 0 Å². The molecule has 9 heteroatoms. The summed E-state index contributed by atoms with van der Waals surface area (Å²) in [5, 5.41) is 5.82. The predicted molar refractivity (Wildman–Crippen MR) is 112 cm³/mol. The Morgan fingerprint density at radius 1 is 1.00 bits per heavy atom. The standard InChI is InChI=1S/C19H22ClN3O4S/c1-4-18(23(28(3,26)27)17-11-5-14(20)6-12-17)19(25)22-16-9-7-15(8-10-16)21-13(2)24/h5-12,18H,4H2,1-3H3,(H,21,24)(H,22,25). The summed E-state index contributed by atoms with van der Waals surface area (Å²) in [5.74, 6) is -0.662. The molecule has 2 N–H and O–H groups in total. The van der Waals surface area contributed by atoms with Gasteiger partial charge in [-0.15, -0.1) is 0 Å². The molecule has 0 aliphatic carbocycles. The van der Waals surface area contributed by atoms with E-state index >= 15 is 0 Å². The van der Waals surface area contributed by atoms with Gasteiger partial charge in [0.15, 0.2) is 0 Å². The van der Waals surface area contributed by atoms with E-state index in [1.807, 2.05) is 0 Å². The van der Waals surface area contributed by atoms with Crippen molar-refractivity contribution in [3.63, 3.8) is 0 Å². The van der Waals surface area contributed by atoms with E-state index in [9.17, 15) is 18.0 Å². The number of anilines is 3. The number of sulfonamides is 1. The zero-order chi connectivity index (χ0) is 20.9. The van der Waals surface area contributed by atoms with Crippen LogP contribution < -0.4 is 14.9 Å². The van der Waals surface area contributed by atoms with Gasteiger partial charge in [-0.1, -0.05) is 18.5 Å². The van der Waals surface area contributed by atoms with Crippen molar-refractivity contribution >= 4 is 50.5 Å². The van der Waals surface area contributed by atoms with Gasteiger partial charge in [-0.05, 0) is 55.0 Å². The van der Waals surface area contributed by atoms with E-state index in [-0.39, 0.29) is 12.3 Å². The molecule has 0 aromatic heterocycles. The second kappa shape index (κ2) is 9.07. The Balaban J connectivity index is 2.26. The fraction of sp³-hybridized carbons (Fsp3) is 0.263. The van der Waals surface area contributed by atoms with Crippen LogP contribution in [0.2, 0.25) is 5.02 Å². The summed E-state index contributed by atoms with van der Waals surface area (Å²) in [6.45, 7) is 3.14. The molecule has 0 saturated carbocycles. The number of carbonyl (C=O) groups excluding carboxylic acids is 2. The van der Waals surface area contributed by atoms with Crippen molar-refractivity contribution in [3.8, 4) is 0 Å². The van der Waals surface area contributed by atoms with Gasteiger partial charge in [0, 0.05) is 23.3 Å². The first-order chi connectivity index (χ1) is 13.1. The molecular weight excluding hydrogens is 402 g/mol. The summed E-state index contributed by atoms with van der Waals surface area (Å²) >= 11 is 5.88. The van der Waals surface area contributed by atoms with Crippen molar-refractivity contribution in [2.24, 2.45) is 0 Å². The van der Waals surface area contributed by atoms with Gasteiger partial charge in [0.25, 0.3) is 0 Å². The van der Waals surface area contributed by atoms with Gasteiger partial charge in [-0.3, -0.25) is 13.9 Å². The fourth-order valence-electron chi connectivity index (χ4n) is 2.71. The highest BCUT2D eigenvalue weighted by atomic mass is 35.5. The molecule has 28 heavy (non-hydrogen) atoms. The fourth-order valence-corrected chi connectivity index (χ4v) is 4.05. The third-order valence-corrected chi connectivity index (χ3v) is 5.32. The summed E-state index contributed by atoms with van der Waals surface area (Å²) in [6.07, 6.45) is 1.32. The van der Waals surface area contributed by atoms with E-state index in [1.165, 1.54) is 6.92 Å². The van der Waals surface area contributed by atoms with Crippen molar-refractivity contribution in [3.05, 3.63) is 53.6 Å². The lowest BCUT2D eigenvalue weighted by molar-refractivity contribution is -0.117. The number of hydrogen-bond acceptors (Lipinski definition) is 4. The molecule has 0 aliphatic heterocycles. The summed E-state index contributed by atoms with van der Waals surface area (Å²) in [7, 11) is -3.72. The van der Waals surface area contributed by atoms with E-state index in [0.29, 0.717) is 22.1 Å². The highest BCUT2D eigenvalue weighted by molar-refractivity contribution is 7.92. The average molecular weight is 424 g/mol. The second-order valence-electron chi connectivity index (χ2n) is 6.21. The summed E-state index contributed by atoms with van der Waals surface area (Å²) < 4.78 is 25.9. The zero-order valence-electron chi connectivity index (χ0n) is 15.8. The quantitative estimate of drug-likeness (QED) is 0.712. The number of rotatable bonds is 7. The molecule has 2 aromatic rings. The van der Waals surface area contributed by atoms with Gasteiger partial charge < -0.3 is 10.6 Å². The molecule has 0 fully saturated rings. The lowest BCUT2D eigenvalue weighted by atomic mass is 10.1. The van der Waals surface area contributed by atoms with Crippen molar-refractivity contribution < 1.29 is 18.0 Å². The van der Waals surface area contributed by atoms with Crippen LogP contribution >= 0.6 is 11.6 Å². The largest absolute Gasteiger partial charge is 0.326 e. The van der Waals surface area contributed by atoms with E-state index < -0.39 is 22.0 Å². The smallest absolute Gasteiger partial charge is 0.248 e. The van der Waals surface area contributed by atoms with Crippen molar-refractivity contribution in [1.29, 1.82) is 0 Å². The third kappa shape index (κ3) is 5.71. The van der Waals surface area contributed by atoms with Gasteiger partial charge in [0.2, 0.25) is 21.8 Å². The van der Waals surface area contributed by atoms with E-state index in [1.54, 1.807) is 55.5 Å². The molecule has 1 atom stereocenters. The lowest BCUT2D eigenvalue weighted by Gasteiger charge is -2.30. The number of nitrogens with zero attached hydrogens (tertiary/aromatic N) is 1. The Morgan fingerprint density at radius 2 is 1.50 bits per heavy atom. The minimum absolute atomic E-state index is 0.199. The summed E-state index contributed by atoms with van der Waals surface area (Å²) in [6, 6.07) is 11.9. The SMILES string of the molecule is CCC(C(=O)Nc1ccc(NC(C)=O)cc1)N(c1ccc(Cl)cc1)S(C)(=O)=O. The molecule has 1 unspecified atom stereocenters. The van der Waals surface area contributed by atoms with E-state index in [4.69, 9.17) is 11.6 Å². The first kappa shape index (κ1) is 21.7. The van der Waals surface area contributed by atoms with Crippen molar-refractivity contribution in [2.45, 2.75) is 26.3 Å². The van der Waals surface area contributed by atoms with Gasteiger partial charge in [0.05, 0.1) is 11.9 Å². The number of hydrogen-bond donors (Lipinski definition) is 2. The normalized spacial score (nSPS) is 12.1. The number of benzene rings is 2. The van der Waals surface area contributed by atoms with Crippen LogP contribution in [0, 0.1) is 0 Å². The van der Waals surface area contributed by atoms with Crippen LogP contribution in [-0.2, 0) is 19.6 Å². The van der Waals surface area contributed by atoms with E-state index in [0.717, 1.165) is 10.6 Å². The minimum atomic E-state index is -3.72. The van der Waals surface area contributed by atoms with Crippen LogP contribution in [-0.4, -0.2) is 32.5 Å². The Labute approximate surface area is 169 Å². The van der Waals surface area contributed by atoms with Crippen LogP contribution in [0.5, 0.6) is 0 Å². The van der Waals surface area contributed by atoms with Crippen LogP contribution in [0.15, 0.2) is 48.5 Å². The zero-order valence-corrected chi connectivity index (χ0v) is 17.3. The molecule has 0 aliphatic rings. The molecule has 2 amide bonds. The lowest BCUT2D eigenvalue weighted by Crippen LogP contribution is -2.46. The molecule has 0 saturated heterocycles. The average Bonchev–Trinajstić information content (AvgIpc) is 2.60. The van der Waals surface area contributed by atoms with Crippen LogP contribution in [0.1, 0.15) is 20.3 Å². The maximum atomic E-state index is 12.8. The highest BCUT2D eigenvalue weighted by Crippen LogP contribution is 2.25. The molecule has 2 aromatic carbocycles. The van der Waals surface area contributed by atoms with Gasteiger partial charge in [0.1, 0.15) is 6.04 Å². The third-order valence-electron chi connectivity index (χ3n) is 3.88. The Bertz CT molecular complexity index is 944. The molecule has 0 heterocycles. The number of amides is 2. The Hall–Kier alpha value is -2.58. The summed E-state index contributed by atoms with van der Waals surface area (Å²) in [4.78, 5) is 23.9. The number of nitrogens with one attached hydrogen (secondary N) is 2. The number of carbonyl (C=O) groups is 2. The first-order valence-corrected chi connectivity index (χ1v) is 10.8. The van der Waals surface area contributed by atoms with Crippen LogP contribution in [0.4, 0.5) is 17.1 Å². The highest BCUT2D eigenvalue weighted by Gasteiger charge is 2.31. The maximum Gasteiger partial charge on any atom is 0.248 e. The number of halogens is 1. The maximum absolute atomic E-state index is 12.8. The van der Waals surface area contributed by atoms with Gasteiger partial charge in [-0.2, -0.15) is 0 Å². The topological polar surface area (TPSA) is 95.6 Å². The molecule has 0 bridgehead atoms. The first-order valence-electron chi connectivity index (χ1n) is 8.55. The molecular formula is C19H22ClN3O4S. The summed E-state index contributed by atoms with van der Waals surface area (Å²) in [5.41, 5.74) is 1.44. The van der Waals surface area contributed by atoms with Crippen LogP contribution in [0.25, 0.3) is 0 Å². The van der Waals surface area contributed by atoms with E-state index in [2.05, 4.69) is 10.6 Å². The molecule has 2 rings (SSSR count). The van der Waals surface area contributed by atoms with Crippen molar-refractivity contribution in [1.82, 2.24) is 0 Å². The monoisotopic (exact) mass is 423 g/mol.